The highest BCUT2D eigenvalue weighted by atomic mass is 32.1. The largest absolute Gasteiger partial charge is 0.304 e. The Labute approximate surface area is 84.2 Å². The molecule has 0 atom stereocenters. The van der Waals surface area contributed by atoms with Gasteiger partial charge in [0.1, 0.15) is 5.82 Å². The van der Waals surface area contributed by atoms with Crippen LogP contribution in [0.25, 0.3) is 0 Å². The van der Waals surface area contributed by atoms with E-state index in [-0.39, 0.29) is 0 Å². The lowest BCUT2D eigenvalue weighted by Crippen LogP contribution is -2.07. The number of nitrogens with zero attached hydrogens (tertiary/aromatic N) is 2. The third-order valence-electron chi connectivity index (χ3n) is 2.45. The number of hydrogen-bond acceptors (Lipinski definition) is 2. The van der Waals surface area contributed by atoms with Crippen LogP contribution in [0.1, 0.15) is 45.4 Å². The highest BCUT2D eigenvalue weighted by Gasteiger charge is 2.13. The molecule has 3 nitrogen and oxygen atoms in total. The molecule has 0 unspecified atom stereocenters. The second-order valence-corrected chi connectivity index (χ2v) is 3.53. The van der Waals surface area contributed by atoms with Gasteiger partial charge in [0, 0.05) is 12.5 Å². The molecule has 0 fully saturated rings. The van der Waals surface area contributed by atoms with E-state index >= 15 is 0 Å². The van der Waals surface area contributed by atoms with Gasteiger partial charge >= 0.3 is 0 Å². The lowest BCUT2D eigenvalue weighted by atomic mass is 10.0. The third-order valence-corrected chi connectivity index (χ3v) is 2.77. The van der Waals surface area contributed by atoms with Crippen molar-refractivity contribution in [2.75, 3.05) is 0 Å². The van der Waals surface area contributed by atoms with Gasteiger partial charge in [-0.15, -0.1) is 0 Å². The first-order valence-electron chi connectivity index (χ1n) is 4.89. The Balaban J connectivity index is 3.05. The Morgan fingerprint density at radius 1 is 1.38 bits per heavy atom. The van der Waals surface area contributed by atoms with Crippen molar-refractivity contribution in [2.45, 2.75) is 46.1 Å². The first-order valence-corrected chi connectivity index (χ1v) is 5.30. The molecule has 0 aliphatic heterocycles. The minimum atomic E-state index is 0.535. The van der Waals surface area contributed by atoms with Crippen LogP contribution in [0.2, 0.25) is 0 Å². The van der Waals surface area contributed by atoms with E-state index in [0.717, 1.165) is 30.0 Å². The predicted molar refractivity (Wildman–Crippen MR) is 56.4 cm³/mol. The maximum absolute atomic E-state index is 5.13. The molecule has 0 radical (unpaired) electrons. The third kappa shape index (κ3) is 1.99. The van der Waals surface area contributed by atoms with Crippen LogP contribution in [0.4, 0.5) is 0 Å². The van der Waals surface area contributed by atoms with Gasteiger partial charge < -0.3 is 4.57 Å². The van der Waals surface area contributed by atoms with Crippen LogP contribution in [0.15, 0.2) is 0 Å². The minimum Gasteiger partial charge on any atom is -0.304 e. The van der Waals surface area contributed by atoms with Crippen molar-refractivity contribution in [1.29, 1.82) is 0 Å². The summed E-state index contributed by atoms with van der Waals surface area (Å²) in [6.45, 7) is 7.37. The molecule has 0 saturated carbocycles. The zero-order valence-electron chi connectivity index (χ0n) is 8.50. The Morgan fingerprint density at radius 3 is 2.46 bits per heavy atom. The number of H-pyrrole nitrogens is 1. The molecule has 0 saturated heterocycles. The summed E-state index contributed by atoms with van der Waals surface area (Å²) in [5, 5.41) is 7.13. The monoisotopic (exact) mass is 199 g/mol. The summed E-state index contributed by atoms with van der Waals surface area (Å²) in [7, 11) is 0. The molecular weight excluding hydrogens is 182 g/mol. The van der Waals surface area contributed by atoms with Crippen LogP contribution in [0.5, 0.6) is 0 Å². The van der Waals surface area contributed by atoms with Gasteiger partial charge in [0.25, 0.3) is 0 Å². The lowest BCUT2D eigenvalue weighted by Gasteiger charge is -2.11. The minimum absolute atomic E-state index is 0.535. The van der Waals surface area contributed by atoms with Crippen LogP contribution in [0.3, 0.4) is 0 Å². The number of hydrogen-bond donors (Lipinski definition) is 1. The molecule has 13 heavy (non-hydrogen) atoms. The Hall–Kier alpha value is -0.640. The molecule has 0 spiro atoms. The molecule has 1 aromatic heterocycles. The number of aromatic amines is 1. The average molecular weight is 199 g/mol. The van der Waals surface area contributed by atoms with E-state index in [0.29, 0.717) is 5.92 Å². The molecule has 0 aromatic carbocycles. The van der Waals surface area contributed by atoms with Gasteiger partial charge in [-0.2, -0.15) is 5.10 Å². The van der Waals surface area contributed by atoms with Gasteiger partial charge in [0.2, 0.25) is 0 Å². The van der Waals surface area contributed by atoms with Crippen molar-refractivity contribution in [1.82, 2.24) is 14.8 Å². The van der Waals surface area contributed by atoms with Crippen LogP contribution in [-0.2, 0) is 6.54 Å². The predicted octanol–water partition coefficient (Wildman–Crippen LogP) is 2.86. The SMILES string of the molecule is CCC(CC)c1n[nH]c(=S)n1CC. The highest BCUT2D eigenvalue weighted by molar-refractivity contribution is 7.71. The second kappa shape index (κ2) is 4.56. The van der Waals surface area contributed by atoms with Crippen LogP contribution in [0, 0.1) is 4.77 Å². The number of aromatic nitrogens is 3. The standard InChI is InChI=1S/C9H17N3S/c1-4-7(5-2)8-10-11-9(13)12(8)6-3/h7H,4-6H2,1-3H3,(H,11,13). The molecule has 1 heterocycles. The molecule has 0 bridgehead atoms. The Morgan fingerprint density at radius 2 is 2.00 bits per heavy atom. The summed E-state index contributed by atoms with van der Waals surface area (Å²) >= 11 is 5.13. The van der Waals surface area contributed by atoms with E-state index < -0.39 is 0 Å². The van der Waals surface area contributed by atoms with Crippen molar-refractivity contribution in [3.63, 3.8) is 0 Å². The van der Waals surface area contributed by atoms with Gasteiger partial charge in [0.05, 0.1) is 0 Å². The van der Waals surface area contributed by atoms with Gasteiger partial charge in [-0.3, -0.25) is 5.10 Å². The fraction of sp³-hybridized carbons (Fsp3) is 0.778. The van der Waals surface area contributed by atoms with Crippen molar-refractivity contribution < 1.29 is 0 Å². The van der Waals surface area contributed by atoms with Crippen LogP contribution >= 0.6 is 12.2 Å². The number of rotatable bonds is 4. The highest BCUT2D eigenvalue weighted by Crippen LogP contribution is 2.20. The van der Waals surface area contributed by atoms with E-state index in [1.807, 2.05) is 0 Å². The van der Waals surface area contributed by atoms with E-state index in [2.05, 4.69) is 35.5 Å². The molecule has 0 amide bonds. The molecule has 1 N–H and O–H groups in total. The first kappa shape index (κ1) is 10.4. The van der Waals surface area contributed by atoms with Crippen molar-refractivity contribution in [2.24, 2.45) is 0 Å². The second-order valence-electron chi connectivity index (χ2n) is 3.14. The maximum atomic E-state index is 5.13. The van der Waals surface area contributed by atoms with Gasteiger partial charge in [-0.25, -0.2) is 0 Å². The lowest BCUT2D eigenvalue weighted by molar-refractivity contribution is 0.555. The molecule has 74 valence electrons. The zero-order valence-corrected chi connectivity index (χ0v) is 9.32. The Bertz CT molecular complexity index is 309. The summed E-state index contributed by atoms with van der Waals surface area (Å²) < 4.78 is 2.82. The van der Waals surface area contributed by atoms with Gasteiger partial charge in [-0.05, 0) is 32.0 Å². The van der Waals surface area contributed by atoms with Gasteiger partial charge in [0.15, 0.2) is 4.77 Å². The van der Waals surface area contributed by atoms with E-state index in [1.165, 1.54) is 0 Å². The normalized spacial score (nSPS) is 11.1. The van der Waals surface area contributed by atoms with Crippen molar-refractivity contribution in [3.8, 4) is 0 Å². The topological polar surface area (TPSA) is 33.6 Å². The summed E-state index contributed by atoms with van der Waals surface area (Å²) in [5.74, 6) is 1.64. The summed E-state index contributed by atoms with van der Waals surface area (Å²) in [4.78, 5) is 0. The molecule has 0 aliphatic carbocycles. The van der Waals surface area contributed by atoms with Crippen molar-refractivity contribution in [3.05, 3.63) is 10.6 Å². The summed E-state index contributed by atoms with van der Waals surface area (Å²) in [5.41, 5.74) is 0. The van der Waals surface area contributed by atoms with Crippen molar-refractivity contribution >= 4 is 12.2 Å². The van der Waals surface area contributed by atoms with Crippen LogP contribution in [-0.4, -0.2) is 14.8 Å². The maximum Gasteiger partial charge on any atom is 0.195 e. The van der Waals surface area contributed by atoms with Gasteiger partial charge in [-0.1, -0.05) is 13.8 Å². The zero-order chi connectivity index (χ0) is 9.84. The molecule has 4 heteroatoms. The van der Waals surface area contributed by atoms with E-state index in [1.54, 1.807) is 0 Å². The first-order chi connectivity index (χ1) is 6.24. The van der Waals surface area contributed by atoms with E-state index in [4.69, 9.17) is 12.2 Å². The molecule has 0 aliphatic rings. The van der Waals surface area contributed by atoms with Crippen LogP contribution < -0.4 is 0 Å². The molecule has 1 aromatic rings. The summed E-state index contributed by atoms with van der Waals surface area (Å²) in [6, 6.07) is 0. The number of nitrogens with one attached hydrogen (secondary N) is 1. The quantitative estimate of drug-likeness (QED) is 0.756. The average Bonchev–Trinajstić information content (AvgIpc) is 2.50. The summed E-state index contributed by atoms with van der Waals surface area (Å²) in [6.07, 6.45) is 2.24. The molecular formula is C9H17N3S. The molecule has 1 rings (SSSR count). The fourth-order valence-corrected chi connectivity index (χ4v) is 1.87. The smallest absolute Gasteiger partial charge is 0.195 e. The fourth-order valence-electron chi connectivity index (χ4n) is 1.60. The van der Waals surface area contributed by atoms with E-state index in [9.17, 15) is 0 Å². The Kier molecular flexibility index (Phi) is 3.66.